The summed E-state index contributed by atoms with van der Waals surface area (Å²) in [5, 5.41) is 11.1. The van der Waals surface area contributed by atoms with Gasteiger partial charge in [-0.25, -0.2) is 4.98 Å². The van der Waals surface area contributed by atoms with Gasteiger partial charge in [0.25, 0.3) is 5.69 Å². The number of nitro groups is 1. The molecule has 104 valence electrons. The van der Waals surface area contributed by atoms with Crippen LogP contribution in [0.4, 0.5) is 5.69 Å². The second-order valence-corrected chi connectivity index (χ2v) is 4.19. The Morgan fingerprint density at radius 1 is 1.35 bits per heavy atom. The third kappa shape index (κ3) is 3.16. The average Bonchev–Trinajstić information content (AvgIpc) is 2.46. The second kappa shape index (κ2) is 6.21. The fourth-order valence-corrected chi connectivity index (χ4v) is 1.75. The molecule has 0 unspecified atom stereocenters. The van der Waals surface area contributed by atoms with E-state index in [1.165, 1.54) is 25.3 Å². The maximum atomic E-state index is 10.8. The van der Waals surface area contributed by atoms with Crippen molar-refractivity contribution in [2.45, 2.75) is 6.61 Å². The topological polar surface area (TPSA) is 74.5 Å². The van der Waals surface area contributed by atoms with Crippen LogP contribution >= 0.6 is 11.6 Å². The minimum atomic E-state index is -0.497. The van der Waals surface area contributed by atoms with Crippen molar-refractivity contribution in [3.05, 3.63) is 57.4 Å². The number of halogens is 1. The Bertz CT molecular complexity index is 634. The van der Waals surface area contributed by atoms with E-state index in [1.54, 1.807) is 18.3 Å². The van der Waals surface area contributed by atoms with Crippen LogP contribution in [-0.2, 0) is 6.61 Å². The van der Waals surface area contributed by atoms with E-state index in [9.17, 15) is 10.1 Å². The Balaban J connectivity index is 2.22. The van der Waals surface area contributed by atoms with Crippen molar-refractivity contribution in [1.82, 2.24) is 4.98 Å². The molecule has 0 saturated carbocycles. The quantitative estimate of drug-likeness (QED) is 0.481. The number of pyridine rings is 1. The molecule has 0 aliphatic rings. The van der Waals surface area contributed by atoms with Gasteiger partial charge in [-0.05, 0) is 12.1 Å². The number of nitro benzene ring substituents is 1. The van der Waals surface area contributed by atoms with Crippen molar-refractivity contribution in [3.63, 3.8) is 0 Å². The van der Waals surface area contributed by atoms with E-state index in [-0.39, 0.29) is 18.0 Å². The number of ether oxygens (including phenoxy) is 2. The standard InChI is InChI=1S/C13H11ClN2O4/c1-19-11-5-4-10(16(17)18)7-12(11)20-8-9-3-2-6-15-13(9)14/h2-7H,8H2,1H3. The maximum Gasteiger partial charge on any atom is 0.273 e. The molecule has 7 heteroatoms. The highest BCUT2D eigenvalue weighted by Gasteiger charge is 2.13. The Morgan fingerprint density at radius 3 is 2.80 bits per heavy atom. The smallest absolute Gasteiger partial charge is 0.273 e. The maximum absolute atomic E-state index is 10.8. The molecule has 6 nitrogen and oxygen atoms in total. The summed E-state index contributed by atoms with van der Waals surface area (Å²) in [5.74, 6) is 0.692. The molecule has 0 amide bonds. The minimum absolute atomic E-state index is 0.0712. The number of aromatic nitrogens is 1. The summed E-state index contributed by atoms with van der Waals surface area (Å²) >= 11 is 5.92. The van der Waals surface area contributed by atoms with Crippen LogP contribution in [-0.4, -0.2) is 17.0 Å². The van der Waals surface area contributed by atoms with Crippen molar-refractivity contribution in [2.24, 2.45) is 0 Å². The fourth-order valence-electron chi connectivity index (χ4n) is 1.57. The van der Waals surface area contributed by atoms with Gasteiger partial charge >= 0.3 is 0 Å². The van der Waals surface area contributed by atoms with E-state index in [4.69, 9.17) is 21.1 Å². The predicted octanol–water partition coefficient (Wildman–Crippen LogP) is 3.23. The first kappa shape index (κ1) is 14.1. The largest absolute Gasteiger partial charge is 0.493 e. The van der Waals surface area contributed by atoms with Crippen molar-refractivity contribution in [3.8, 4) is 11.5 Å². The molecule has 0 bridgehead atoms. The van der Waals surface area contributed by atoms with Gasteiger partial charge in [0.15, 0.2) is 11.5 Å². The molecule has 1 heterocycles. The average molecular weight is 295 g/mol. The van der Waals surface area contributed by atoms with E-state index in [0.29, 0.717) is 16.5 Å². The van der Waals surface area contributed by atoms with Gasteiger partial charge in [-0.1, -0.05) is 17.7 Å². The van der Waals surface area contributed by atoms with Gasteiger partial charge in [-0.2, -0.15) is 0 Å². The Morgan fingerprint density at radius 2 is 2.15 bits per heavy atom. The van der Waals surface area contributed by atoms with Crippen LogP contribution in [0.2, 0.25) is 5.15 Å². The molecular weight excluding hydrogens is 284 g/mol. The summed E-state index contributed by atoms with van der Waals surface area (Å²) in [7, 11) is 1.46. The SMILES string of the molecule is COc1ccc([N+](=O)[O-])cc1OCc1cccnc1Cl. The monoisotopic (exact) mass is 294 g/mol. The minimum Gasteiger partial charge on any atom is -0.493 e. The van der Waals surface area contributed by atoms with Gasteiger partial charge in [0.05, 0.1) is 18.1 Å². The summed E-state index contributed by atoms with van der Waals surface area (Å²) in [6, 6.07) is 7.64. The number of methoxy groups -OCH3 is 1. The normalized spacial score (nSPS) is 10.1. The number of rotatable bonds is 5. The summed E-state index contributed by atoms with van der Waals surface area (Å²) in [4.78, 5) is 14.2. The highest BCUT2D eigenvalue weighted by molar-refractivity contribution is 6.30. The second-order valence-electron chi connectivity index (χ2n) is 3.83. The van der Waals surface area contributed by atoms with Crippen LogP contribution in [0, 0.1) is 10.1 Å². The van der Waals surface area contributed by atoms with Crippen LogP contribution in [0.25, 0.3) is 0 Å². The number of nitrogens with zero attached hydrogens (tertiary/aromatic N) is 2. The van der Waals surface area contributed by atoms with E-state index in [0.717, 1.165) is 0 Å². The number of hydrogen-bond acceptors (Lipinski definition) is 5. The lowest BCUT2D eigenvalue weighted by Crippen LogP contribution is -2.00. The molecular formula is C13H11ClN2O4. The first-order chi connectivity index (χ1) is 9.61. The van der Waals surface area contributed by atoms with E-state index in [2.05, 4.69) is 4.98 Å². The number of hydrogen-bond donors (Lipinski definition) is 0. The molecule has 2 aromatic rings. The number of benzene rings is 1. The van der Waals surface area contributed by atoms with Crippen molar-refractivity contribution >= 4 is 17.3 Å². The Hall–Kier alpha value is -2.34. The molecule has 20 heavy (non-hydrogen) atoms. The van der Waals surface area contributed by atoms with Gasteiger partial charge in [-0.15, -0.1) is 0 Å². The zero-order chi connectivity index (χ0) is 14.5. The lowest BCUT2D eigenvalue weighted by molar-refractivity contribution is -0.385. The summed E-state index contributed by atoms with van der Waals surface area (Å²) < 4.78 is 10.6. The molecule has 1 aromatic carbocycles. The summed E-state index contributed by atoms with van der Waals surface area (Å²) in [6.45, 7) is 0.143. The molecule has 1 aromatic heterocycles. The van der Waals surface area contributed by atoms with Gasteiger partial charge in [0.2, 0.25) is 0 Å². The van der Waals surface area contributed by atoms with Crippen molar-refractivity contribution in [1.29, 1.82) is 0 Å². The Labute approximate surface area is 120 Å². The first-order valence-corrected chi connectivity index (χ1v) is 6.04. The molecule has 0 atom stereocenters. The fraction of sp³-hybridized carbons (Fsp3) is 0.154. The molecule has 0 aliphatic carbocycles. The van der Waals surface area contributed by atoms with Crippen molar-refractivity contribution < 1.29 is 14.4 Å². The van der Waals surface area contributed by atoms with E-state index < -0.39 is 4.92 Å². The van der Waals surface area contributed by atoms with Gasteiger partial charge in [0.1, 0.15) is 11.8 Å². The van der Waals surface area contributed by atoms with Crippen molar-refractivity contribution in [2.75, 3.05) is 7.11 Å². The van der Waals surface area contributed by atoms with Crippen LogP contribution in [0.1, 0.15) is 5.56 Å². The molecule has 0 fully saturated rings. The highest BCUT2D eigenvalue weighted by Crippen LogP contribution is 2.32. The van der Waals surface area contributed by atoms with Crippen LogP contribution < -0.4 is 9.47 Å². The third-order valence-corrected chi connectivity index (χ3v) is 2.92. The Kier molecular flexibility index (Phi) is 4.37. The molecule has 0 N–H and O–H groups in total. The molecule has 0 aliphatic heterocycles. The van der Waals surface area contributed by atoms with Gasteiger partial charge in [-0.3, -0.25) is 10.1 Å². The summed E-state index contributed by atoms with van der Waals surface area (Å²) in [5.41, 5.74) is 0.612. The lowest BCUT2D eigenvalue weighted by Gasteiger charge is -2.10. The highest BCUT2D eigenvalue weighted by atomic mass is 35.5. The lowest BCUT2D eigenvalue weighted by atomic mass is 10.2. The van der Waals surface area contributed by atoms with Gasteiger partial charge < -0.3 is 9.47 Å². The third-order valence-electron chi connectivity index (χ3n) is 2.58. The predicted molar refractivity (Wildman–Crippen MR) is 73.2 cm³/mol. The van der Waals surface area contributed by atoms with E-state index in [1.807, 2.05) is 0 Å². The summed E-state index contributed by atoms with van der Waals surface area (Å²) in [6.07, 6.45) is 1.57. The zero-order valence-corrected chi connectivity index (χ0v) is 11.3. The molecule has 0 radical (unpaired) electrons. The van der Waals surface area contributed by atoms with Gasteiger partial charge in [0, 0.05) is 17.8 Å². The number of non-ortho nitro benzene ring substituents is 1. The van der Waals surface area contributed by atoms with Crippen LogP contribution in [0.15, 0.2) is 36.5 Å². The molecule has 0 spiro atoms. The van der Waals surface area contributed by atoms with E-state index >= 15 is 0 Å². The molecule has 2 rings (SSSR count). The van der Waals surface area contributed by atoms with Crippen LogP contribution in [0.5, 0.6) is 11.5 Å². The van der Waals surface area contributed by atoms with Crippen LogP contribution in [0.3, 0.4) is 0 Å². The zero-order valence-electron chi connectivity index (χ0n) is 10.6. The first-order valence-electron chi connectivity index (χ1n) is 5.66. The molecule has 0 saturated heterocycles.